The lowest BCUT2D eigenvalue weighted by atomic mass is 10.1. The van der Waals surface area contributed by atoms with Gasteiger partial charge in [0, 0.05) is 22.8 Å². The first-order valence-corrected chi connectivity index (χ1v) is 7.27. The first-order valence-electron chi connectivity index (χ1n) is 6.89. The lowest BCUT2D eigenvalue weighted by Gasteiger charge is -2.25. The second-order valence-corrected chi connectivity index (χ2v) is 5.20. The second-order valence-electron chi connectivity index (χ2n) is 4.76. The van der Waals surface area contributed by atoms with E-state index in [0.29, 0.717) is 17.1 Å². The molecule has 1 N–H and O–H groups in total. The van der Waals surface area contributed by atoms with Crippen molar-refractivity contribution in [2.24, 2.45) is 0 Å². The monoisotopic (exact) mass is 303 g/mol. The second kappa shape index (κ2) is 7.25. The van der Waals surface area contributed by atoms with E-state index < -0.39 is 6.10 Å². The van der Waals surface area contributed by atoms with E-state index in [0.717, 1.165) is 5.69 Å². The highest BCUT2D eigenvalue weighted by Gasteiger charge is 2.20. The van der Waals surface area contributed by atoms with Gasteiger partial charge in [-0.05, 0) is 25.1 Å². The molecule has 0 amide bonds. The Bertz CT molecular complexity index is 601. The third-order valence-corrected chi connectivity index (χ3v) is 3.54. The smallest absolute Gasteiger partial charge is 0.193 e. The van der Waals surface area contributed by atoms with Crippen molar-refractivity contribution in [1.82, 2.24) is 0 Å². The van der Waals surface area contributed by atoms with Crippen LogP contribution in [0.25, 0.3) is 0 Å². The minimum Gasteiger partial charge on any atom is -0.383 e. The van der Waals surface area contributed by atoms with E-state index in [1.165, 1.54) is 0 Å². The topological polar surface area (TPSA) is 40.5 Å². The molecule has 2 rings (SSSR count). The Morgan fingerprint density at radius 3 is 2.52 bits per heavy atom. The Labute approximate surface area is 129 Å². The molecule has 0 saturated heterocycles. The number of rotatable bonds is 6. The summed E-state index contributed by atoms with van der Waals surface area (Å²) in [5, 5.41) is 10.8. The van der Waals surface area contributed by atoms with E-state index in [2.05, 4.69) is 0 Å². The van der Waals surface area contributed by atoms with Gasteiger partial charge in [-0.3, -0.25) is 4.79 Å². The van der Waals surface area contributed by atoms with Crippen LogP contribution < -0.4 is 4.90 Å². The predicted molar refractivity (Wildman–Crippen MR) is 86.1 cm³/mol. The highest BCUT2D eigenvalue weighted by Crippen LogP contribution is 2.20. The van der Waals surface area contributed by atoms with Gasteiger partial charge in [0.2, 0.25) is 0 Å². The van der Waals surface area contributed by atoms with Crippen molar-refractivity contribution in [2.75, 3.05) is 18.0 Å². The van der Waals surface area contributed by atoms with Gasteiger partial charge in [-0.2, -0.15) is 0 Å². The molecule has 1 unspecified atom stereocenters. The number of halogens is 1. The van der Waals surface area contributed by atoms with Crippen LogP contribution in [0.15, 0.2) is 54.6 Å². The van der Waals surface area contributed by atoms with Crippen LogP contribution in [0.1, 0.15) is 17.3 Å². The zero-order valence-electron chi connectivity index (χ0n) is 11.9. The number of carbonyl (C=O) groups excluding carboxylic acids is 1. The van der Waals surface area contributed by atoms with Crippen molar-refractivity contribution < 1.29 is 9.90 Å². The van der Waals surface area contributed by atoms with Crippen LogP contribution in [-0.4, -0.2) is 30.1 Å². The summed E-state index contributed by atoms with van der Waals surface area (Å²) in [6, 6.07) is 16.2. The minimum absolute atomic E-state index is 0.241. The SMILES string of the molecule is CCN(CC(O)C(=O)c1ccccc1)c1cccc(Cl)c1. The quantitative estimate of drug-likeness (QED) is 0.831. The average Bonchev–Trinajstić information content (AvgIpc) is 2.52. The van der Waals surface area contributed by atoms with Gasteiger partial charge >= 0.3 is 0 Å². The Balaban J connectivity index is 2.10. The highest BCUT2D eigenvalue weighted by atomic mass is 35.5. The summed E-state index contributed by atoms with van der Waals surface area (Å²) < 4.78 is 0. The third-order valence-electron chi connectivity index (χ3n) is 3.31. The summed E-state index contributed by atoms with van der Waals surface area (Å²) >= 11 is 5.98. The van der Waals surface area contributed by atoms with Gasteiger partial charge in [0.15, 0.2) is 5.78 Å². The predicted octanol–water partition coefficient (Wildman–Crippen LogP) is 3.41. The number of hydrogen-bond acceptors (Lipinski definition) is 3. The van der Waals surface area contributed by atoms with Crippen LogP contribution in [0.4, 0.5) is 5.69 Å². The molecule has 21 heavy (non-hydrogen) atoms. The molecule has 0 saturated carbocycles. The first-order chi connectivity index (χ1) is 10.1. The van der Waals surface area contributed by atoms with Crippen molar-refractivity contribution in [1.29, 1.82) is 0 Å². The molecule has 2 aromatic rings. The van der Waals surface area contributed by atoms with Crippen molar-refractivity contribution >= 4 is 23.1 Å². The van der Waals surface area contributed by atoms with E-state index >= 15 is 0 Å². The van der Waals surface area contributed by atoms with Crippen LogP contribution in [0.2, 0.25) is 5.02 Å². The summed E-state index contributed by atoms with van der Waals surface area (Å²) in [6.45, 7) is 2.89. The van der Waals surface area contributed by atoms with Crippen LogP contribution in [0.3, 0.4) is 0 Å². The van der Waals surface area contributed by atoms with E-state index in [-0.39, 0.29) is 12.3 Å². The number of benzene rings is 2. The lowest BCUT2D eigenvalue weighted by molar-refractivity contribution is 0.0759. The highest BCUT2D eigenvalue weighted by molar-refractivity contribution is 6.30. The van der Waals surface area contributed by atoms with Crippen molar-refractivity contribution in [2.45, 2.75) is 13.0 Å². The van der Waals surface area contributed by atoms with Gasteiger partial charge < -0.3 is 10.0 Å². The molecule has 0 aromatic heterocycles. The van der Waals surface area contributed by atoms with E-state index in [1.807, 2.05) is 36.1 Å². The maximum absolute atomic E-state index is 12.2. The number of likely N-dealkylation sites (N-methyl/N-ethyl adjacent to an activating group) is 1. The van der Waals surface area contributed by atoms with E-state index in [1.54, 1.807) is 30.3 Å². The van der Waals surface area contributed by atoms with Crippen LogP contribution in [0, 0.1) is 0 Å². The molecule has 0 bridgehead atoms. The molecule has 4 heteroatoms. The number of anilines is 1. The molecule has 3 nitrogen and oxygen atoms in total. The fourth-order valence-electron chi connectivity index (χ4n) is 2.18. The minimum atomic E-state index is -1.06. The molecule has 0 aliphatic heterocycles. The number of hydrogen-bond donors (Lipinski definition) is 1. The molecule has 0 aliphatic rings. The summed E-state index contributed by atoms with van der Waals surface area (Å²) in [6.07, 6.45) is -1.06. The molecular formula is C17H18ClNO2. The number of carbonyl (C=O) groups is 1. The molecule has 2 aromatic carbocycles. The van der Waals surface area contributed by atoms with Crippen LogP contribution in [-0.2, 0) is 0 Å². The fraction of sp³-hybridized carbons (Fsp3) is 0.235. The summed E-state index contributed by atoms with van der Waals surface area (Å²) in [7, 11) is 0. The van der Waals surface area contributed by atoms with E-state index in [9.17, 15) is 9.90 Å². The van der Waals surface area contributed by atoms with Crippen LogP contribution >= 0.6 is 11.6 Å². The van der Waals surface area contributed by atoms with Crippen LogP contribution in [0.5, 0.6) is 0 Å². The van der Waals surface area contributed by atoms with Gasteiger partial charge in [-0.15, -0.1) is 0 Å². The normalized spacial score (nSPS) is 12.0. The summed E-state index contributed by atoms with van der Waals surface area (Å²) in [5.74, 6) is -0.268. The lowest BCUT2D eigenvalue weighted by Crippen LogP contribution is -2.37. The molecule has 0 spiro atoms. The molecule has 0 aliphatic carbocycles. The van der Waals surface area contributed by atoms with Crippen molar-refractivity contribution in [3.8, 4) is 0 Å². The maximum atomic E-state index is 12.2. The Morgan fingerprint density at radius 2 is 1.90 bits per heavy atom. The Kier molecular flexibility index (Phi) is 5.37. The largest absolute Gasteiger partial charge is 0.383 e. The summed E-state index contributed by atoms with van der Waals surface area (Å²) in [4.78, 5) is 14.1. The van der Waals surface area contributed by atoms with Gasteiger partial charge in [-0.25, -0.2) is 0 Å². The van der Waals surface area contributed by atoms with Crippen molar-refractivity contribution in [3.63, 3.8) is 0 Å². The van der Waals surface area contributed by atoms with E-state index in [4.69, 9.17) is 11.6 Å². The molecule has 0 radical (unpaired) electrons. The molecule has 110 valence electrons. The molecular weight excluding hydrogens is 286 g/mol. The number of Topliss-reactive ketones (excluding diaryl/α,β-unsaturated/α-hetero) is 1. The Hall–Kier alpha value is -1.84. The van der Waals surface area contributed by atoms with Gasteiger partial charge in [-0.1, -0.05) is 48.0 Å². The number of aliphatic hydroxyl groups is 1. The number of nitrogens with zero attached hydrogens (tertiary/aromatic N) is 1. The van der Waals surface area contributed by atoms with Gasteiger partial charge in [0.1, 0.15) is 6.10 Å². The standard InChI is InChI=1S/C17H18ClNO2/c1-2-19(15-10-6-9-14(18)11-15)12-16(20)17(21)13-7-4-3-5-8-13/h3-11,16,20H,2,12H2,1H3. The number of ketones is 1. The average molecular weight is 304 g/mol. The zero-order chi connectivity index (χ0) is 15.2. The van der Waals surface area contributed by atoms with Gasteiger partial charge in [0.05, 0.1) is 6.54 Å². The van der Waals surface area contributed by atoms with Gasteiger partial charge in [0.25, 0.3) is 0 Å². The van der Waals surface area contributed by atoms with Crippen molar-refractivity contribution in [3.05, 3.63) is 65.2 Å². The molecule has 0 heterocycles. The fourth-order valence-corrected chi connectivity index (χ4v) is 2.36. The maximum Gasteiger partial charge on any atom is 0.193 e. The first kappa shape index (κ1) is 15.5. The zero-order valence-corrected chi connectivity index (χ0v) is 12.6. The number of aliphatic hydroxyl groups excluding tert-OH is 1. The molecule has 0 fully saturated rings. The Morgan fingerprint density at radius 1 is 1.19 bits per heavy atom. The third kappa shape index (κ3) is 4.06. The molecule has 1 atom stereocenters. The summed E-state index contributed by atoms with van der Waals surface area (Å²) in [5.41, 5.74) is 1.41.